The van der Waals surface area contributed by atoms with Gasteiger partial charge in [0.1, 0.15) is 6.10 Å². The number of ether oxygens (including phenoxy) is 3. The van der Waals surface area contributed by atoms with Gasteiger partial charge in [-0.2, -0.15) is 0 Å². The first-order chi connectivity index (χ1) is 9.63. The van der Waals surface area contributed by atoms with E-state index in [2.05, 4.69) is 0 Å². The first-order valence-electron chi connectivity index (χ1n) is 6.95. The fourth-order valence-corrected chi connectivity index (χ4v) is 2.17. The van der Waals surface area contributed by atoms with Crippen LogP contribution in [0.2, 0.25) is 0 Å². The zero-order valence-electron chi connectivity index (χ0n) is 12.1. The molecule has 0 amide bonds. The third-order valence-electron chi connectivity index (χ3n) is 2.99. The second-order valence-electron chi connectivity index (χ2n) is 4.66. The zero-order chi connectivity index (χ0) is 14.5. The molecule has 0 spiro atoms. The van der Waals surface area contributed by atoms with E-state index in [1.807, 2.05) is 45.0 Å². The lowest BCUT2D eigenvalue weighted by molar-refractivity contribution is -0.138. The summed E-state index contributed by atoms with van der Waals surface area (Å²) in [6.45, 7) is 6.91. The van der Waals surface area contributed by atoms with Crippen LogP contribution in [0, 0.1) is 0 Å². The molecule has 4 nitrogen and oxygen atoms in total. The van der Waals surface area contributed by atoms with E-state index < -0.39 is 0 Å². The standard InChI is InChI=1S/C16H20O4/c1-4-18-14-7-6-12(10-15(14)19-5-2)9-13-8-11(3)20-16(13)17/h6-7,9-11H,4-5,8H2,1-3H3/b13-9+. The van der Waals surface area contributed by atoms with Crippen LogP contribution in [0.4, 0.5) is 0 Å². The summed E-state index contributed by atoms with van der Waals surface area (Å²) in [5.74, 6) is 1.19. The summed E-state index contributed by atoms with van der Waals surface area (Å²) in [5, 5.41) is 0. The van der Waals surface area contributed by atoms with Gasteiger partial charge in [-0.15, -0.1) is 0 Å². The maximum atomic E-state index is 11.6. The van der Waals surface area contributed by atoms with Gasteiger partial charge in [0.15, 0.2) is 11.5 Å². The first-order valence-corrected chi connectivity index (χ1v) is 6.95. The number of benzene rings is 1. The summed E-state index contributed by atoms with van der Waals surface area (Å²) in [4.78, 5) is 11.6. The molecular formula is C16H20O4. The average molecular weight is 276 g/mol. The number of carbonyl (C=O) groups excluding carboxylic acids is 1. The van der Waals surface area contributed by atoms with Crippen molar-refractivity contribution in [1.29, 1.82) is 0 Å². The zero-order valence-corrected chi connectivity index (χ0v) is 12.1. The van der Waals surface area contributed by atoms with E-state index in [4.69, 9.17) is 14.2 Å². The molecular weight excluding hydrogens is 256 g/mol. The molecule has 1 saturated heterocycles. The Morgan fingerprint density at radius 2 is 1.95 bits per heavy atom. The van der Waals surface area contributed by atoms with Gasteiger partial charge in [0, 0.05) is 12.0 Å². The quantitative estimate of drug-likeness (QED) is 0.612. The first kappa shape index (κ1) is 14.4. The minimum atomic E-state index is -0.232. The molecule has 1 aromatic rings. The number of hydrogen-bond donors (Lipinski definition) is 0. The van der Waals surface area contributed by atoms with Gasteiger partial charge in [0.2, 0.25) is 0 Å². The van der Waals surface area contributed by atoms with Crippen molar-refractivity contribution in [3.8, 4) is 11.5 Å². The molecule has 1 aromatic carbocycles. The Hall–Kier alpha value is -1.97. The Bertz CT molecular complexity index is 519. The molecule has 108 valence electrons. The van der Waals surface area contributed by atoms with E-state index in [1.165, 1.54) is 0 Å². The highest BCUT2D eigenvalue weighted by Crippen LogP contribution is 2.30. The number of carbonyl (C=O) groups is 1. The minimum Gasteiger partial charge on any atom is -0.490 e. The highest BCUT2D eigenvalue weighted by Gasteiger charge is 2.25. The van der Waals surface area contributed by atoms with Crippen molar-refractivity contribution in [3.05, 3.63) is 29.3 Å². The van der Waals surface area contributed by atoms with Crippen molar-refractivity contribution >= 4 is 12.0 Å². The van der Waals surface area contributed by atoms with Gasteiger partial charge in [-0.1, -0.05) is 6.07 Å². The highest BCUT2D eigenvalue weighted by molar-refractivity contribution is 5.95. The molecule has 1 fully saturated rings. The smallest absolute Gasteiger partial charge is 0.334 e. The van der Waals surface area contributed by atoms with Crippen molar-refractivity contribution in [2.75, 3.05) is 13.2 Å². The summed E-state index contributed by atoms with van der Waals surface area (Å²) in [5.41, 5.74) is 1.61. The Balaban J connectivity index is 2.26. The van der Waals surface area contributed by atoms with Crippen molar-refractivity contribution in [3.63, 3.8) is 0 Å². The van der Waals surface area contributed by atoms with Crippen molar-refractivity contribution < 1.29 is 19.0 Å². The molecule has 20 heavy (non-hydrogen) atoms. The van der Waals surface area contributed by atoms with Crippen LogP contribution in [0.5, 0.6) is 11.5 Å². The van der Waals surface area contributed by atoms with Crippen LogP contribution in [0.25, 0.3) is 6.08 Å². The molecule has 2 rings (SSSR count). The Labute approximate surface area is 119 Å². The van der Waals surface area contributed by atoms with Crippen LogP contribution in [0.3, 0.4) is 0 Å². The van der Waals surface area contributed by atoms with Crippen molar-refractivity contribution in [2.24, 2.45) is 0 Å². The monoisotopic (exact) mass is 276 g/mol. The molecule has 0 saturated carbocycles. The van der Waals surface area contributed by atoms with Crippen LogP contribution in [-0.4, -0.2) is 25.3 Å². The molecule has 0 aliphatic carbocycles. The van der Waals surface area contributed by atoms with E-state index in [0.717, 1.165) is 11.3 Å². The maximum Gasteiger partial charge on any atom is 0.334 e. The molecule has 1 atom stereocenters. The van der Waals surface area contributed by atoms with E-state index in [-0.39, 0.29) is 12.1 Å². The van der Waals surface area contributed by atoms with Crippen LogP contribution in [0.1, 0.15) is 32.8 Å². The number of cyclic esters (lactones) is 1. The van der Waals surface area contributed by atoms with E-state index in [1.54, 1.807) is 0 Å². The lowest BCUT2D eigenvalue weighted by Crippen LogP contribution is -2.00. The molecule has 1 unspecified atom stereocenters. The average Bonchev–Trinajstić information content (AvgIpc) is 2.71. The SMILES string of the molecule is CCOc1ccc(/C=C2\CC(C)OC2=O)cc1OCC. The Kier molecular flexibility index (Phi) is 4.66. The van der Waals surface area contributed by atoms with Crippen LogP contribution in [-0.2, 0) is 9.53 Å². The second-order valence-corrected chi connectivity index (χ2v) is 4.66. The summed E-state index contributed by atoms with van der Waals surface area (Å²) in [6.07, 6.45) is 2.46. The van der Waals surface area contributed by atoms with Gasteiger partial charge in [-0.05, 0) is 44.5 Å². The van der Waals surface area contributed by atoms with Crippen LogP contribution in [0.15, 0.2) is 23.8 Å². The van der Waals surface area contributed by atoms with E-state index in [9.17, 15) is 4.79 Å². The predicted molar refractivity (Wildman–Crippen MR) is 76.9 cm³/mol. The van der Waals surface area contributed by atoms with Gasteiger partial charge in [-0.3, -0.25) is 0 Å². The van der Waals surface area contributed by atoms with Crippen LogP contribution < -0.4 is 9.47 Å². The summed E-state index contributed by atoms with van der Waals surface area (Å²) in [7, 11) is 0. The maximum absolute atomic E-state index is 11.6. The van der Waals surface area contributed by atoms with Gasteiger partial charge >= 0.3 is 5.97 Å². The molecule has 1 heterocycles. The fraction of sp³-hybridized carbons (Fsp3) is 0.438. The molecule has 0 radical (unpaired) electrons. The number of esters is 1. The second kappa shape index (κ2) is 6.46. The van der Waals surface area contributed by atoms with E-state index >= 15 is 0 Å². The third kappa shape index (κ3) is 3.32. The molecule has 0 N–H and O–H groups in total. The lowest BCUT2D eigenvalue weighted by atomic mass is 10.1. The summed E-state index contributed by atoms with van der Waals surface area (Å²) in [6, 6.07) is 5.67. The van der Waals surface area contributed by atoms with Crippen molar-refractivity contribution in [2.45, 2.75) is 33.3 Å². The van der Waals surface area contributed by atoms with Gasteiger partial charge in [0.25, 0.3) is 0 Å². The van der Waals surface area contributed by atoms with Gasteiger partial charge < -0.3 is 14.2 Å². The number of rotatable bonds is 5. The van der Waals surface area contributed by atoms with Gasteiger partial charge in [-0.25, -0.2) is 4.79 Å². The highest BCUT2D eigenvalue weighted by atomic mass is 16.5. The largest absolute Gasteiger partial charge is 0.490 e. The van der Waals surface area contributed by atoms with Gasteiger partial charge in [0.05, 0.1) is 13.2 Å². The van der Waals surface area contributed by atoms with E-state index in [0.29, 0.717) is 31.0 Å². The molecule has 4 heteroatoms. The minimum absolute atomic E-state index is 0.0391. The molecule has 1 aliphatic heterocycles. The normalized spacial score (nSPS) is 20.1. The molecule has 1 aliphatic rings. The molecule has 0 aromatic heterocycles. The summed E-state index contributed by atoms with van der Waals surface area (Å²) < 4.78 is 16.2. The third-order valence-corrected chi connectivity index (χ3v) is 2.99. The van der Waals surface area contributed by atoms with Crippen molar-refractivity contribution in [1.82, 2.24) is 0 Å². The Morgan fingerprint density at radius 1 is 1.25 bits per heavy atom. The predicted octanol–water partition coefficient (Wildman–Crippen LogP) is 3.20. The topological polar surface area (TPSA) is 44.8 Å². The summed E-state index contributed by atoms with van der Waals surface area (Å²) >= 11 is 0. The lowest BCUT2D eigenvalue weighted by Gasteiger charge is -2.11. The fourth-order valence-electron chi connectivity index (χ4n) is 2.17. The number of hydrogen-bond acceptors (Lipinski definition) is 4. The molecule has 0 bridgehead atoms. The van der Waals surface area contributed by atoms with Crippen LogP contribution >= 0.6 is 0 Å². The Morgan fingerprint density at radius 3 is 2.55 bits per heavy atom.